The van der Waals surface area contributed by atoms with E-state index in [0.717, 1.165) is 28.4 Å². The summed E-state index contributed by atoms with van der Waals surface area (Å²) in [5, 5.41) is 0. The molecule has 7 nitrogen and oxygen atoms in total. The third-order valence-corrected chi connectivity index (χ3v) is 8.02. The van der Waals surface area contributed by atoms with Crippen LogP contribution in [0.25, 0.3) is 0 Å². The molecular weight excluding hydrogens is 450 g/mol. The smallest absolute Gasteiger partial charge is 0.243 e. The number of sulfonamides is 1. The Bertz CT molecular complexity index is 1350. The van der Waals surface area contributed by atoms with E-state index in [1.807, 2.05) is 43.3 Å². The maximum Gasteiger partial charge on any atom is 0.243 e. The number of amidine groups is 1. The zero-order valence-corrected chi connectivity index (χ0v) is 20.1. The number of fused-ring (bicyclic) bond motifs is 2. The van der Waals surface area contributed by atoms with Crippen LogP contribution in [0.2, 0.25) is 0 Å². The standard InChI is InChI=1S/C26H27N3O4S/c1-19-11-12-24-22(17-19)26(27-23-9-3-4-10-25(23)33-24)28-13-6-14-29(16-15-28)34(30,31)21-8-5-7-20(18-21)32-2/h3-5,7-12,17-18H,6,13-16H2,1-2H3. The monoisotopic (exact) mass is 477 g/mol. The highest BCUT2D eigenvalue weighted by Gasteiger charge is 2.30. The Morgan fingerprint density at radius 3 is 2.62 bits per heavy atom. The van der Waals surface area contributed by atoms with Crippen molar-refractivity contribution in [1.82, 2.24) is 9.21 Å². The molecule has 0 bridgehead atoms. The normalized spacial score (nSPS) is 16.4. The van der Waals surface area contributed by atoms with Gasteiger partial charge in [0.2, 0.25) is 10.0 Å². The Labute approximate surface area is 200 Å². The van der Waals surface area contributed by atoms with Crippen molar-refractivity contribution in [2.24, 2.45) is 4.99 Å². The fourth-order valence-corrected chi connectivity index (χ4v) is 5.84. The van der Waals surface area contributed by atoms with Crippen LogP contribution in [-0.4, -0.2) is 56.7 Å². The molecule has 5 rings (SSSR count). The van der Waals surface area contributed by atoms with Gasteiger partial charge in [-0.05, 0) is 49.7 Å². The molecule has 8 heteroatoms. The Kier molecular flexibility index (Phi) is 6.02. The molecule has 1 fully saturated rings. The van der Waals surface area contributed by atoms with Gasteiger partial charge in [-0.1, -0.05) is 29.8 Å². The third kappa shape index (κ3) is 4.26. The topological polar surface area (TPSA) is 71.4 Å². The fourth-order valence-electron chi connectivity index (χ4n) is 4.33. The van der Waals surface area contributed by atoms with Gasteiger partial charge in [0, 0.05) is 32.2 Å². The van der Waals surface area contributed by atoms with Gasteiger partial charge in [-0.2, -0.15) is 4.31 Å². The van der Waals surface area contributed by atoms with E-state index in [4.69, 9.17) is 14.5 Å². The van der Waals surface area contributed by atoms with Gasteiger partial charge >= 0.3 is 0 Å². The maximum atomic E-state index is 13.4. The predicted molar refractivity (Wildman–Crippen MR) is 132 cm³/mol. The molecule has 0 aliphatic carbocycles. The Hall–Kier alpha value is -3.36. The second kappa shape index (κ2) is 9.12. The Morgan fingerprint density at radius 1 is 0.912 bits per heavy atom. The minimum absolute atomic E-state index is 0.246. The van der Waals surface area contributed by atoms with Crippen LogP contribution < -0.4 is 9.47 Å². The van der Waals surface area contributed by atoms with Crippen molar-refractivity contribution >= 4 is 21.5 Å². The highest BCUT2D eigenvalue weighted by Crippen LogP contribution is 2.38. The molecule has 0 amide bonds. The van der Waals surface area contributed by atoms with Crippen LogP contribution in [0.3, 0.4) is 0 Å². The molecule has 176 valence electrons. The van der Waals surface area contributed by atoms with Crippen LogP contribution in [-0.2, 0) is 10.0 Å². The maximum absolute atomic E-state index is 13.4. The molecule has 0 N–H and O–H groups in total. The quantitative estimate of drug-likeness (QED) is 0.552. The molecule has 0 aromatic heterocycles. The van der Waals surface area contributed by atoms with Crippen molar-refractivity contribution in [3.8, 4) is 17.2 Å². The lowest BCUT2D eigenvalue weighted by Gasteiger charge is -2.25. The third-order valence-electron chi connectivity index (χ3n) is 6.12. The minimum atomic E-state index is -3.63. The van der Waals surface area contributed by atoms with Crippen LogP contribution in [0.5, 0.6) is 17.2 Å². The van der Waals surface area contributed by atoms with Crippen LogP contribution in [0, 0.1) is 6.92 Å². The second-order valence-corrected chi connectivity index (χ2v) is 10.4. The fraction of sp³-hybridized carbons (Fsp3) is 0.269. The molecule has 2 aliphatic rings. The molecule has 3 aromatic rings. The highest BCUT2D eigenvalue weighted by molar-refractivity contribution is 7.89. The lowest BCUT2D eigenvalue weighted by Crippen LogP contribution is -2.37. The number of hydrogen-bond acceptors (Lipinski definition) is 6. The molecule has 0 saturated carbocycles. The molecule has 2 heterocycles. The van der Waals surface area contributed by atoms with E-state index in [-0.39, 0.29) is 4.90 Å². The molecule has 34 heavy (non-hydrogen) atoms. The van der Waals surface area contributed by atoms with Gasteiger partial charge in [0.1, 0.15) is 23.0 Å². The largest absolute Gasteiger partial charge is 0.497 e. The number of aliphatic imine (C=N–C) groups is 1. The summed E-state index contributed by atoms with van der Waals surface area (Å²) in [6, 6.07) is 20.4. The number of para-hydroxylation sites is 2. The van der Waals surface area contributed by atoms with Gasteiger partial charge in [-0.25, -0.2) is 13.4 Å². The van der Waals surface area contributed by atoms with Crippen LogP contribution in [0.15, 0.2) is 76.6 Å². The summed E-state index contributed by atoms with van der Waals surface area (Å²) in [5.41, 5.74) is 2.79. The summed E-state index contributed by atoms with van der Waals surface area (Å²) >= 11 is 0. The summed E-state index contributed by atoms with van der Waals surface area (Å²) < 4.78 is 39.7. The van der Waals surface area contributed by atoms with Gasteiger partial charge < -0.3 is 14.4 Å². The summed E-state index contributed by atoms with van der Waals surface area (Å²) in [5.74, 6) is 2.79. The first-order chi connectivity index (χ1) is 16.5. The first-order valence-electron chi connectivity index (χ1n) is 11.3. The van der Waals surface area contributed by atoms with E-state index < -0.39 is 10.0 Å². The van der Waals surface area contributed by atoms with Gasteiger partial charge in [0.05, 0.1) is 17.6 Å². The average molecular weight is 478 g/mol. The van der Waals surface area contributed by atoms with Gasteiger partial charge in [0.15, 0.2) is 5.75 Å². The summed E-state index contributed by atoms with van der Waals surface area (Å²) in [6.45, 7) is 4.07. The van der Waals surface area contributed by atoms with Crippen molar-refractivity contribution in [2.45, 2.75) is 18.2 Å². The molecule has 1 saturated heterocycles. The summed E-state index contributed by atoms with van der Waals surface area (Å²) in [6.07, 6.45) is 0.686. The molecule has 2 aliphatic heterocycles. The number of rotatable bonds is 3. The average Bonchev–Trinajstić information content (AvgIpc) is 3.19. The van der Waals surface area contributed by atoms with Crippen molar-refractivity contribution in [3.05, 3.63) is 77.9 Å². The number of hydrogen-bond donors (Lipinski definition) is 0. The number of ether oxygens (including phenoxy) is 2. The van der Waals surface area contributed by atoms with Gasteiger partial charge in [-0.3, -0.25) is 0 Å². The Morgan fingerprint density at radius 2 is 1.76 bits per heavy atom. The van der Waals surface area contributed by atoms with Crippen LogP contribution in [0.4, 0.5) is 5.69 Å². The molecule has 0 atom stereocenters. The molecule has 3 aromatic carbocycles. The van der Waals surface area contributed by atoms with Gasteiger partial charge in [-0.15, -0.1) is 0 Å². The summed E-state index contributed by atoms with van der Waals surface area (Å²) in [4.78, 5) is 7.41. The van der Waals surface area contributed by atoms with Crippen molar-refractivity contribution in [1.29, 1.82) is 0 Å². The van der Waals surface area contributed by atoms with Crippen LogP contribution >= 0.6 is 0 Å². The number of aryl methyl sites for hydroxylation is 1. The molecule has 0 radical (unpaired) electrons. The van der Waals surface area contributed by atoms with E-state index in [9.17, 15) is 8.42 Å². The van der Waals surface area contributed by atoms with E-state index in [1.165, 1.54) is 7.11 Å². The number of benzene rings is 3. The van der Waals surface area contributed by atoms with Crippen molar-refractivity contribution in [2.75, 3.05) is 33.3 Å². The first-order valence-corrected chi connectivity index (χ1v) is 12.8. The number of methoxy groups -OCH3 is 1. The lowest BCUT2D eigenvalue weighted by molar-refractivity contribution is 0.404. The van der Waals surface area contributed by atoms with E-state index in [1.54, 1.807) is 28.6 Å². The second-order valence-electron chi connectivity index (χ2n) is 8.43. The SMILES string of the molecule is COc1cccc(S(=O)(=O)N2CCCN(C3=Nc4ccccc4Oc4ccc(C)cc43)CC2)c1. The Balaban J connectivity index is 1.46. The van der Waals surface area contributed by atoms with E-state index in [2.05, 4.69) is 11.0 Å². The predicted octanol–water partition coefficient (Wildman–Crippen LogP) is 4.58. The summed E-state index contributed by atoms with van der Waals surface area (Å²) in [7, 11) is -2.10. The van der Waals surface area contributed by atoms with Gasteiger partial charge in [0.25, 0.3) is 0 Å². The zero-order chi connectivity index (χ0) is 23.7. The van der Waals surface area contributed by atoms with Crippen molar-refractivity contribution in [3.63, 3.8) is 0 Å². The molecule has 0 unspecified atom stereocenters. The highest BCUT2D eigenvalue weighted by atomic mass is 32.2. The molecular formula is C26H27N3O4S. The lowest BCUT2D eigenvalue weighted by atomic mass is 10.1. The van der Waals surface area contributed by atoms with E-state index in [0.29, 0.717) is 44.1 Å². The zero-order valence-electron chi connectivity index (χ0n) is 19.3. The van der Waals surface area contributed by atoms with Crippen molar-refractivity contribution < 1.29 is 17.9 Å². The number of nitrogens with zero attached hydrogens (tertiary/aromatic N) is 3. The van der Waals surface area contributed by atoms with E-state index >= 15 is 0 Å². The van der Waals surface area contributed by atoms with Crippen LogP contribution in [0.1, 0.15) is 17.5 Å². The minimum Gasteiger partial charge on any atom is -0.497 e. The molecule has 0 spiro atoms. The first kappa shape index (κ1) is 22.4.